The molecule has 0 aromatic rings. The van der Waals surface area contributed by atoms with Crippen molar-refractivity contribution in [2.24, 2.45) is 4.99 Å². The van der Waals surface area contributed by atoms with Gasteiger partial charge in [-0.25, -0.2) is 14.2 Å². The van der Waals surface area contributed by atoms with Crippen molar-refractivity contribution in [2.75, 3.05) is 13.2 Å². The molecule has 0 heterocycles. The maximum absolute atomic E-state index is 12.6. The number of rotatable bonds is 5. The lowest BCUT2D eigenvalue weighted by Gasteiger charge is -2.06. The predicted molar refractivity (Wildman–Crippen MR) is 39.2 cm³/mol. The van der Waals surface area contributed by atoms with Crippen molar-refractivity contribution in [1.29, 1.82) is 0 Å². The van der Waals surface area contributed by atoms with Crippen LogP contribution in [0.15, 0.2) is 4.99 Å². The van der Waals surface area contributed by atoms with E-state index in [9.17, 15) is 9.18 Å². The number of aliphatic hydroxyl groups is 1. The van der Waals surface area contributed by atoms with Crippen molar-refractivity contribution in [3.05, 3.63) is 0 Å². The van der Waals surface area contributed by atoms with Gasteiger partial charge in [-0.3, -0.25) is 0 Å². The molecule has 0 aromatic heterocycles. The van der Waals surface area contributed by atoms with E-state index < -0.39 is 11.5 Å². The first-order valence-corrected chi connectivity index (χ1v) is 3.57. The molecular weight excluding hydrogens is 173 g/mol. The highest BCUT2D eigenvalue weighted by atomic mass is 35.5. The Balaban J connectivity index is 3.50. The van der Waals surface area contributed by atoms with E-state index in [1.165, 1.54) is 6.08 Å². The van der Waals surface area contributed by atoms with E-state index in [0.717, 1.165) is 0 Å². The molecule has 0 aliphatic rings. The van der Waals surface area contributed by atoms with Gasteiger partial charge in [-0.05, 0) is 6.42 Å². The van der Waals surface area contributed by atoms with Gasteiger partial charge in [-0.15, -0.1) is 11.6 Å². The Morgan fingerprint density at radius 3 is 2.82 bits per heavy atom. The van der Waals surface area contributed by atoms with Crippen LogP contribution in [0, 0.1) is 0 Å². The van der Waals surface area contributed by atoms with Gasteiger partial charge in [-0.2, -0.15) is 0 Å². The lowest BCUT2D eigenvalue weighted by atomic mass is 10.2. The highest BCUT2D eigenvalue weighted by molar-refractivity contribution is 6.20. The van der Waals surface area contributed by atoms with Crippen LogP contribution >= 0.6 is 11.6 Å². The predicted octanol–water partition coefficient (Wildman–Crippen LogP) is 0.650. The normalized spacial score (nSPS) is 15.2. The summed E-state index contributed by atoms with van der Waals surface area (Å²) in [4.78, 5) is 12.6. The molecule has 3 nitrogen and oxygen atoms in total. The van der Waals surface area contributed by atoms with E-state index in [2.05, 4.69) is 4.99 Å². The van der Waals surface area contributed by atoms with Crippen molar-refractivity contribution in [1.82, 2.24) is 0 Å². The summed E-state index contributed by atoms with van der Waals surface area (Å²) in [5.74, 6) is 0. The van der Waals surface area contributed by atoms with Crippen LogP contribution in [0.25, 0.3) is 0 Å². The molecule has 0 saturated carbocycles. The van der Waals surface area contributed by atoms with Crippen LogP contribution in [-0.4, -0.2) is 35.9 Å². The molecule has 5 heteroatoms. The molecule has 0 aliphatic heterocycles. The Morgan fingerprint density at radius 2 is 2.36 bits per heavy atom. The average Bonchev–Trinajstić information content (AvgIpc) is 2.00. The van der Waals surface area contributed by atoms with Crippen LogP contribution in [0.3, 0.4) is 0 Å². The second-order valence-corrected chi connectivity index (χ2v) is 2.66. The number of isocyanates is 1. The van der Waals surface area contributed by atoms with Crippen molar-refractivity contribution >= 4 is 17.7 Å². The number of aliphatic imine (C=N–C) groups is 1. The van der Waals surface area contributed by atoms with E-state index >= 15 is 0 Å². The highest BCUT2D eigenvalue weighted by Crippen LogP contribution is 2.07. The van der Waals surface area contributed by atoms with Crippen LogP contribution in [-0.2, 0) is 4.79 Å². The maximum atomic E-state index is 12.6. The van der Waals surface area contributed by atoms with Crippen molar-refractivity contribution < 1.29 is 14.3 Å². The molecule has 11 heavy (non-hydrogen) atoms. The topological polar surface area (TPSA) is 49.7 Å². The van der Waals surface area contributed by atoms with Crippen LogP contribution in [0.1, 0.15) is 6.42 Å². The summed E-state index contributed by atoms with van der Waals surface area (Å²) in [6, 6.07) is 0. The molecule has 0 rings (SSSR count). The summed E-state index contributed by atoms with van der Waals surface area (Å²) >= 11 is 5.41. The molecular formula is C6H9ClFNO2. The number of nitrogens with zero attached hydrogens (tertiary/aromatic N) is 1. The lowest BCUT2D eigenvalue weighted by Crippen LogP contribution is -2.15. The van der Waals surface area contributed by atoms with Gasteiger partial charge in [0, 0.05) is 0 Å². The third-order valence-electron chi connectivity index (χ3n) is 1.06. The minimum absolute atomic E-state index is 0.00321. The summed E-state index contributed by atoms with van der Waals surface area (Å²) in [7, 11) is 0. The first-order valence-electron chi connectivity index (χ1n) is 3.13. The van der Waals surface area contributed by atoms with E-state index in [4.69, 9.17) is 16.7 Å². The molecule has 64 valence electrons. The van der Waals surface area contributed by atoms with Crippen LogP contribution in [0.2, 0.25) is 0 Å². The van der Waals surface area contributed by atoms with Gasteiger partial charge in [-0.1, -0.05) is 0 Å². The fraction of sp³-hybridized carbons (Fsp3) is 0.833. The number of halogens is 2. The molecule has 0 aromatic carbocycles. The van der Waals surface area contributed by atoms with Crippen LogP contribution in [0.4, 0.5) is 4.39 Å². The van der Waals surface area contributed by atoms with E-state index in [-0.39, 0.29) is 19.6 Å². The van der Waals surface area contributed by atoms with Crippen LogP contribution in [0.5, 0.6) is 0 Å². The lowest BCUT2D eigenvalue weighted by molar-refractivity contribution is 0.252. The minimum atomic E-state index is -1.27. The molecule has 0 spiro atoms. The number of alkyl halides is 2. The zero-order chi connectivity index (χ0) is 8.69. The van der Waals surface area contributed by atoms with Gasteiger partial charge in [0.25, 0.3) is 0 Å². The number of hydrogen-bond donors (Lipinski definition) is 1. The van der Waals surface area contributed by atoms with E-state index in [1.807, 2.05) is 0 Å². The first kappa shape index (κ1) is 10.6. The van der Waals surface area contributed by atoms with Gasteiger partial charge in [0.2, 0.25) is 6.08 Å². The standard InChI is InChI=1S/C6H9ClFNO2/c7-5(3-10)1-6(8)2-9-4-11/h5-6,10H,1-3H2. The summed E-state index contributed by atoms with van der Waals surface area (Å²) in [6.45, 7) is -0.500. The Bertz CT molecular complexity index is 150. The number of carbonyl (C=O) groups excluding carboxylic acids is 1. The molecule has 0 amide bonds. The molecule has 0 aliphatic carbocycles. The average molecular weight is 182 g/mol. The third-order valence-corrected chi connectivity index (χ3v) is 1.38. The first-order chi connectivity index (χ1) is 5.20. The number of aliphatic hydroxyl groups excluding tert-OH is 1. The molecule has 0 radical (unpaired) electrons. The molecule has 0 saturated heterocycles. The summed E-state index contributed by atoms with van der Waals surface area (Å²) in [6.07, 6.45) is -0.0496. The maximum Gasteiger partial charge on any atom is 0.235 e. The molecule has 0 fully saturated rings. The van der Waals surface area contributed by atoms with E-state index in [0.29, 0.717) is 0 Å². The SMILES string of the molecule is O=C=NCC(F)CC(Cl)CO. The monoisotopic (exact) mass is 181 g/mol. The summed E-state index contributed by atoms with van der Waals surface area (Å²) in [5, 5.41) is 7.80. The molecule has 2 unspecified atom stereocenters. The van der Waals surface area contributed by atoms with Crippen molar-refractivity contribution in [3.8, 4) is 0 Å². The highest BCUT2D eigenvalue weighted by Gasteiger charge is 2.11. The second-order valence-electron chi connectivity index (χ2n) is 2.04. The zero-order valence-corrected chi connectivity index (χ0v) is 6.59. The van der Waals surface area contributed by atoms with Gasteiger partial charge >= 0.3 is 0 Å². The van der Waals surface area contributed by atoms with Gasteiger partial charge in [0.05, 0.1) is 18.5 Å². The Kier molecular flexibility index (Phi) is 6.03. The number of hydrogen-bond acceptors (Lipinski definition) is 3. The smallest absolute Gasteiger partial charge is 0.235 e. The molecule has 1 N–H and O–H groups in total. The van der Waals surface area contributed by atoms with Crippen molar-refractivity contribution in [3.63, 3.8) is 0 Å². The molecule has 2 atom stereocenters. The fourth-order valence-corrected chi connectivity index (χ4v) is 0.756. The van der Waals surface area contributed by atoms with Gasteiger partial charge in [0.1, 0.15) is 6.17 Å². The molecule has 0 bridgehead atoms. The van der Waals surface area contributed by atoms with Gasteiger partial charge < -0.3 is 5.11 Å². The fourth-order valence-electron chi connectivity index (χ4n) is 0.563. The largest absolute Gasteiger partial charge is 0.395 e. The second kappa shape index (κ2) is 6.28. The van der Waals surface area contributed by atoms with E-state index in [1.54, 1.807) is 0 Å². The third kappa shape index (κ3) is 5.98. The Hall–Kier alpha value is -0.440. The van der Waals surface area contributed by atoms with Gasteiger partial charge in [0.15, 0.2) is 0 Å². The summed E-state index contributed by atoms with van der Waals surface area (Å²) in [5.41, 5.74) is 0. The summed E-state index contributed by atoms with van der Waals surface area (Å²) < 4.78 is 12.6. The Morgan fingerprint density at radius 1 is 1.73 bits per heavy atom. The quantitative estimate of drug-likeness (QED) is 0.385. The zero-order valence-electron chi connectivity index (χ0n) is 5.83. The van der Waals surface area contributed by atoms with Crippen LogP contribution < -0.4 is 0 Å². The minimum Gasteiger partial charge on any atom is -0.395 e. The van der Waals surface area contributed by atoms with Crippen molar-refractivity contribution in [2.45, 2.75) is 18.0 Å². The Labute approximate surface area is 68.9 Å².